The number of hydrogen-bond acceptors (Lipinski definition) is 2. The summed E-state index contributed by atoms with van der Waals surface area (Å²) < 4.78 is 0. The van der Waals surface area contributed by atoms with Crippen LogP contribution < -0.4 is 5.32 Å². The summed E-state index contributed by atoms with van der Waals surface area (Å²) >= 11 is 0. The van der Waals surface area contributed by atoms with E-state index >= 15 is 0 Å². The zero-order chi connectivity index (χ0) is 14.5. The summed E-state index contributed by atoms with van der Waals surface area (Å²) in [5.74, 6) is 0.606. The first-order valence-electron chi connectivity index (χ1n) is 7.61. The van der Waals surface area contributed by atoms with Gasteiger partial charge in [0, 0.05) is 6.04 Å². The van der Waals surface area contributed by atoms with Crippen LogP contribution >= 0.6 is 0 Å². The largest absolute Gasteiger partial charge is 0.480 e. The Balaban J connectivity index is 2.03. The van der Waals surface area contributed by atoms with Crippen molar-refractivity contribution in [3.05, 3.63) is 35.9 Å². The maximum Gasteiger partial charge on any atom is 0.325 e. The Morgan fingerprint density at radius 3 is 2.55 bits per heavy atom. The minimum absolute atomic E-state index is 0.317. The highest BCUT2D eigenvalue weighted by atomic mass is 16.4. The number of benzene rings is 1. The Morgan fingerprint density at radius 2 is 1.95 bits per heavy atom. The molecule has 0 amide bonds. The number of rotatable bonds is 5. The van der Waals surface area contributed by atoms with Crippen LogP contribution in [0.5, 0.6) is 0 Å². The quantitative estimate of drug-likeness (QED) is 0.863. The third-order valence-electron chi connectivity index (χ3n) is 4.44. The standard InChI is InChI=1S/C17H25NO2/c1-12(2)14-9-6-10-15(11-14)18-16(17(19)20)13-7-4-3-5-8-13/h3-5,7-8,12,14-16,18H,6,9-11H2,1-2H3,(H,19,20). The molecule has 3 nitrogen and oxygen atoms in total. The third-order valence-corrected chi connectivity index (χ3v) is 4.44. The molecular formula is C17H25NO2. The van der Waals surface area contributed by atoms with Crippen molar-refractivity contribution in [1.29, 1.82) is 0 Å². The van der Waals surface area contributed by atoms with E-state index in [9.17, 15) is 9.90 Å². The summed E-state index contributed by atoms with van der Waals surface area (Å²) in [5.41, 5.74) is 0.840. The molecule has 0 aromatic heterocycles. The van der Waals surface area contributed by atoms with E-state index in [4.69, 9.17) is 0 Å². The number of nitrogens with one attached hydrogen (secondary N) is 1. The predicted octanol–water partition coefficient (Wildman–Crippen LogP) is 3.62. The fourth-order valence-corrected chi connectivity index (χ4v) is 3.18. The highest BCUT2D eigenvalue weighted by molar-refractivity contribution is 5.75. The molecule has 1 aromatic carbocycles. The molecule has 1 fully saturated rings. The molecule has 3 unspecified atom stereocenters. The smallest absolute Gasteiger partial charge is 0.325 e. The molecular weight excluding hydrogens is 250 g/mol. The third kappa shape index (κ3) is 3.83. The van der Waals surface area contributed by atoms with Gasteiger partial charge in [-0.1, -0.05) is 57.0 Å². The van der Waals surface area contributed by atoms with Gasteiger partial charge in [-0.3, -0.25) is 10.1 Å². The lowest BCUT2D eigenvalue weighted by Gasteiger charge is -2.33. The van der Waals surface area contributed by atoms with E-state index in [-0.39, 0.29) is 0 Å². The first kappa shape index (κ1) is 15.0. The van der Waals surface area contributed by atoms with Crippen LogP contribution in [0.2, 0.25) is 0 Å². The fourth-order valence-electron chi connectivity index (χ4n) is 3.18. The second kappa shape index (κ2) is 6.89. The zero-order valence-electron chi connectivity index (χ0n) is 12.4. The second-order valence-corrected chi connectivity index (χ2v) is 6.22. The number of carboxylic acid groups (broad SMARTS) is 1. The maximum absolute atomic E-state index is 11.5. The lowest BCUT2D eigenvalue weighted by Crippen LogP contribution is -2.40. The Morgan fingerprint density at radius 1 is 1.25 bits per heavy atom. The summed E-state index contributed by atoms with van der Waals surface area (Å²) in [6, 6.07) is 9.20. The minimum Gasteiger partial charge on any atom is -0.480 e. The molecule has 0 spiro atoms. The van der Waals surface area contributed by atoms with Crippen molar-refractivity contribution in [2.45, 2.75) is 51.6 Å². The van der Waals surface area contributed by atoms with Gasteiger partial charge in [-0.05, 0) is 30.2 Å². The van der Waals surface area contributed by atoms with Crippen molar-refractivity contribution >= 4 is 5.97 Å². The fraction of sp³-hybridized carbons (Fsp3) is 0.588. The van der Waals surface area contributed by atoms with E-state index in [1.54, 1.807) is 0 Å². The van der Waals surface area contributed by atoms with Gasteiger partial charge in [-0.25, -0.2) is 0 Å². The molecule has 20 heavy (non-hydrogen) atoms. The molecule has 0 bridgehead atoms. The van der Waals surface area contributed by atoms with Crippen LogP contribution in [0.15, 0.2) is 30.3 Å². The predicted molar refractivity (Wildman–Crippen MR) is 80.5 cm³/mol. The molecule has 2 rings (SSSR count). The molecule has 0 aliphatic heterocycles. The van der Waals surface area contributed by atoms with Gasteiger partial charge in [0.25, 0.3) is 0 Å². The van der Waals surface area contributed by atoms with Gasteiger partial charge in [0.2, 0.25) is 0 Å². The summed E-state index contributed by atoms with van der Waals surface area (Å²) in [5, 5.41) is 12.8. The first-order valence-corrected chi connectivity index (χ1v) is 7.61. The Hall–Kier alpha value is -1.35. The van der Waals surface area contributed by atoms with Crippen LogP contribution in [-0.2, 0) is 4.79 Å². The monoisotopic (exact) mass is 275 g/mol. The molecule has 3 heteroatoms. The molecule has 3 atom stereocenters. The average Bonchev–Trinajstić information content (AvgIpc) is 2.45. The number of carboxylic acids is 1. The van der Waals surface area contributed by atoms with Gasteiger partial charge in [0.05, 0.1) is 0 Å². The van der Waals surface area contributed by atoms with Crippen LogP contribution in [-0.4, -0.2) is 17.1 Å². The van der Waals surface area contributed by atoms with Gasteiger partial charge in [0.1, 0.15) is 6.04 Å². The van der Waals surface area contributed by atoms with Gasteiger partial charge in [-0.15, -0.1) is 0 Å². The summed E-state index contributed by atoms with van der Waals surface area (Å²) in [6.45, 7) is 4.53. The highest BCUT2D eigenvalue weighted by Crippen LogP contribution is 2.31. The molecule has 2 N–H and O–H groups in total. The average molecular weight is 275 g/mol. The van der Waals surface area contributed by atoms with Crippen molar-refractivity contribution in [2.75, 3.05) is 0 Å². The normalized spacial score (nSPS) is 24.6. The summed E-state index contributed by atoms with van der Waals surface area (Å²) in [4.78, 5) is 11.5. The van der Waals surface area contributed by atoms with Crippen LogP contribution in [0.1, 0.15) is 51.1 Å². The number of hydrogen-bond donors (Lipinski definition) is 2. The van der Waals surface area contributed by atoms with Crippen LogP contribution in [0, 0.1) is 11.8 Å². The summed E-state index contributed by atoms with van der Waals surface area (Å²) in [7, 11) is 0. The van der Waals surface area contributed by atoms with Crippen molar-refractivity contribution in [3.63, 3.8) is 0 Å². The molecule has 0 radical (unpaired) electrons. The van der Waals surface area contributed by atoms with Crippen LogP contribution in [0.3, 0.4) is 0 Å². The highest BCUT2D eigenvalue weighted by Gasteiger charge is 2.28. The topological polar surface area (TPSA) is 49.3 Å². The van der Waals surface area contributed by atoms with E-state index < -0.39 is 12.0 Å². The molecule has 0 heterocycles. The van der Waals surface area contributed by atoms with Crippen LogP contribution in [0.25, 0.3) is 0 Å². The summed E-state index contributed by atoms with van der Waals surface area (Å²) in [6.07, 6.45) is 4.65. The Labute approximate surface area is 121 Å². The van der Waals surface area contributed by atoms with E-state index in [1.165, 1.54) is 12.8 Å². The van der Waals surface area contributed by atoms with Gasteiger partial charge >= 0.3 is 5.97 Å². The lowest BCUT2D eigenvalue weighted by molar-refractivity contribution is -0.140. The molecule has 1 aliphatic rings. The maximum atomic E-state index is 11.5. The van der Waals surface area contributed by atoms with Crippen molar-refractivity contribution in [2.24, 2.45) is 11.8 Å². The van der Waals surface area contributed by atoms with Gasteiger partial charge in [0.15, 0.2) is 0 Å². The minimum atomic E-state index is -0.789. The van der Waals surface area contributed by atoms with Crippen molar-refractivity contribution in [3.8, 4) is 0 Å². The van der Waals surface area contributed by atoms with E-state index in [0.717, 1.165) is 18.4 Å². The Kier molecular flexibility index (Phi) is 5.18. The molecule has 1 aliphatic carbocycles. The lowest BCUT2D eigenvalue weighted by atomic mass is 9.79. The van der Waals surface area contributed by atoms with Crippen molar-refractivity contribution < 1.29 is 9.90 Å². The molecule has 110 valence electrons. The van der Waals surface area contributed by atoms with Gasteiger partial charge < -0.3 is 5.11 Å². The van der Waals surface area contributed by atoms with E-state index in [1.807, 2.05) is 30.3 Å². The Bertz CT molecular complexity index is 430. The SMILES string of the molecule is CC(C)C1CCCC(NC(C(=O)O)c2ccccc2)C1. The zero-order valence-corrected chi connectivity index (χ0v) is 12.4. The molecule has 1 saturated carbocycles. The van der Waals surface area contributed by atoms with Crippen molar-refractivity contribution in [1.82, 2.24) is 5.32 Å². The number of aliphatic carboxylic acids is 1. The van der Waals surface area contributed by atoms with Gasteiger partial charge in [-0.2, -0.15) is 0 Å². The van der Waals surface area contributed by atoms with E-state index in [2.05, 4.69) is 19.2 Å². The molecule has 1 aromatic rings. The van der Waals surface area contributed by atoms with Crippen LogP contribution in [0.4, 0.5) is 0 Å². The first-order chi connectivity index (χ1) is 9.58. The number of carbonyl (C=O) groups is 1. The molecule has 0 saturated heterocycles. The van der Waals surface area contributed by atoms with E-state index in [0.29, 0.717) is 17.9 Å². The second-order valence-electron chi connectivity index (χ2n) is 6.22.